The number of hydrogen-bond donors (Lipinski definition) is 2. The number of benzene rings is 1. The summed E-state index contributed by atoms with van der Waals surface area (Å²) >= 11 is 0. The smallest absolute Gasteiger partial charge is 0.407 e. The van der Waals surface area contributed by atoms with Gasteiger partial charge in [-0.2, -0.15) is 0 Å². The molecule has 0 heterocycles. The highest BCUT2D eigenvalue weighted by atomic mass is 16.6. The van der Waals surface area contributed by atoms with Crippen molar-refractivity contribution in [3.8, 4) is 0 Å². The lowest BCUT2D eigenvalue weighted by Gasteiger charge is -2.19. The quantitative estimate of drug-likeness (QED) is 0.877. The maximum absolute atomic E-state index is 11.7. The summed E-state index contributed by atoms with van der Waals surface area (Å²) in [7, 11) is 0. The van der Waals surface area contributed by atoms with Crippen molar-refractivity contribution in [2.24, 2.45) is 0 Å². The minimum Gasteiger partial charge on any atom is -0.444 e. The lowest BCUT2D eigenvalue weighted by Crippen LogP contribution is -2.32. The average molecular weight is 292 g/mol. The number of amides is 2. The topological polar surface area (TPSA) is 67.4 Å². The molecule has 0 aromatic heterocycles. The van der Waals surface area contributed by atoms with Crippen LogP contribution in [0.5, 0.6) is 0 Å². The predicted molar refractivity (Wildman–Crippen MR) is 82.1 cm³/mol. The van der Waals surface area contributed by atoms with E-state index >= 15 is 0 Å². The highest BCUT2D eigenvalue weighted by Crippen LogP contribution is 2.08. The van der Waals surface area contributed by atoms with E-state index in [-0.39, 0.29) is 5.91 Å². The first-order valence-corrected chi connectivity index (χ1v) is 7.16. The molecule has 5 heteroatoms. The molecule has 0 saturated carbocycles. The van der Waals surface area contributed by atoms with Crippen molar-refractivity contribution in [1.29, 1.82) is 0 Å². The van der Waals surface area contributed by atoms with Crippen LogP contribution in [0, 0.1) is 0 Å². The fraction of sp³-hybridized carbons (Fsp3) is 0.500. The van der Waals surface area contributed by atoms with Crippen LogP contribution < -0.4 is 10.6 Å². The Bertz CT molecular complexity index is 475. The molecule has 0 aliphatic rings. The van der Waals surface area contributed by atoms with E-state index in [1.165, 1.54) is 0 Å². The van der Waals surface area contributed by atoms with Crippen LogP contribution in [-0.4, -0.2) is 24.1 Å². The third-order valence-corrected chi connectivity index (χ3v) is 2.59. The van der Waals surface area contributed by atoms with Gasteiger partial charge in [0.2, 0.25) is 0 Å². The van der Waals surface area contributed by atoms with Crippen LogP contribution in [0.25, 0.3) is 0 Å². The van der Waals surface area contributed by atoms with Gasteiger partial charge >= 0.3 is 6.09 Å². The molecule has 116 valence electrons. The Morgan fingerprint density at radius 1 is 1.10 bits per heavy atom. The number of rotatable bonds is 5. The molecule has 0 atom stereocenters. The van der Waals surface area contributed by atoms with Crippen LogP contribution in [-0.2, 0) is 11.3 Å². The lowest BCUT2D eigenvalue weighted by molar-refractivity contribution is 0.0523. The Morgan fingerprint density at radius 3 is 2.24 bits per heavy atom. The van der Waals surface area contributed by atoms with Crippen molar-refractivity contribution in [2.45, 2.75) is 46.3 Å². The summed E-state index contributed by atoms with van der Waals surface area (Å²) in [6, 6.07) is 7.13. The molecule has 0 spiro atoms. The van der Waals surface area contributed by atoms with E-state index in [9.17, 15) is 9.59 Å². The molecule has 0 saturated heterocycles. The number of hydrogen-bond acceptors (Lipinski definition) is 3. The number of alkyl carbamates (subject to hydrolysis) is 1. The molecular weight excluding hydrogens is 268 g/mol. The van der Waals surface area contributed by atoms with Gasteiger partial charge in [0.25, 0.3) is 5.91 Å². The van der Waals surface area contributed by atoms with Gasteiger partial charge < -0.3 is 15.4 Å². The number of ether oxygens (including phenoxy) is 1. The summed E-state index contributed by atoms with van der Waals surface area (Å²) < 4.78 is 5.15. The Labute approximate surface area is 126 Å². The predicted octanol–water partition coefficient (Wildman–Crippen LogP) is 2.85. The summed E-state index contributed by atoms with van der Waals surface area (Å²) in [6.45, 7) is 8.49. The Kier molecular flexibility index (Phi) is 6.21. The minimum atomic E-state index is -0.509. The molecule has 0 aliphatic carbocycles. The van der Waals surface area contributed by atoms with Gasteiger partial charge in [-0.3, -0.25) is 4.79 Å². The van der Waals surface area contributed by atoms with Gasteiger partial charge in [-0.25, -0.2) is 4.79 Å². The van der Waals surface area contributed by atoms with Crippen molar-refractivity contribution in [3.05, 3.63) is 35.4 Å². The maximum atomic E-state index is 11.7. The fourth-order valence-electron chi connectivity index (χ4n) is 1.60. The first-order valence-electron chi connectivity index (χ1n) is 7.16. The van der Waals surface area contributed by atoms with Gasteiger partial charge in [0.15, 0.2) is 0 Å². The summed E-state index contributed by atoms with van der Waals surface area (Å²) in [5.41, 5.74) is 1.02. The summed E-state index contributed by atoms with van der Waals surface area (Å²) in [5, 5.41) is 5.49. The van der Waals surface area contributed by atoms with Crippen LogP contribution >= 0.6 is 0 Å². The second-order valence-electron chi connectivity index (χ2n) is 5.81. The molecule has 0 radical (unpaired) electrons. The van der Waals surface area contributed by atoms with E-state index in [0.29, 0.717) is 18.7 Å². The Balaban J connectivity index is 2.48. The van der Waals surface area contributed by atoms with Crippen LogP contribution in [0.15, 0.2) is 24.3 Å². The van der Waals surface area contributed by atoms with E-state index in [2.05, 4.69) is 10.6 Å². The number of nitrogens with one attached hydrogen (secondary N) is 2. The zero-order chi connectivity index (χ0) is 15.9. The minimum absolute atomic E-state index is 0.0801. The zero-order valence-electron chi connectivity index (χ0n) is 13.2. The normalized spacial score (nSPS) is 10.9. The van der Waals surface area contributed by atoms with Crippen LogP contribution in [0.1, 0.15) is 50.0 Å². The average Bonchev–Trinajstić information content (AvgIpc) is 2.41. The van der Waals surface area contributed by atoms with Gasteiger partial charge in [-0.05, 0) is 44.9 Å². The van der Waals surface area contributed by atoms with Gasteiger partial charge in [0, 0.05) is 18.7 Å². The highest BCUT2D eigenvalue weighted by Gasteiger charge is 2.15. The second-order valence-corrected chi connectivity index (χ2v) is 5.81. The lowest BCUT2D eigenvalue weighted by atomic mass is 10.1. The fourth-order valence-corrected chi connectivity index (χ4v) is 1.60. The SMILES string of the molecule is CCCNC(=O)c1ccc(CNC(=O)OC(C)(C)C)cc1. The molecule has 21 heavy (non-hydrogen) atoms. The van der Waals surface area contributed by atoms with Crippen LogP contribution in [0.3, 0.4) is 0 Å². The van der Waals surface area contributed by atoms with E-state index < -0.39 is 11.7 Å². The standard InChI is InChI=1S/C16H24N2O3/c1-5-10-17-14(19)13-8-6-12(7-9-13)11-18-15(20)21-16(2,3)4/h6-9H,5,10-11H2,1-4H3,(H,17,19)(H,18,20). The van der Waals surface area contributed by atoms with E-state index in [1.54, 1.807) is 12.1 Å². The third kappa shape index (κ3) is 6.79. The van der Waals surface area contributed by atoms with Crippen LogP contribution in [0.2, 0.25) is 0 Å². The van der Waals surface area contributed by atoms with Gasteiger partial charge in [0.05, 0.1) is 0 Å². The molecule has 1 rings (SSSR count). The van der Waals surface area contributed by atoms with Crippen molar-refractivity contribution in [1.82, 2.24) is 10.6 Å². The molecule has 1 aromatic carbocycles. The summed E-state index contributed by atoms with van der Waals surface area (Å²) in [4.78, 5) is 23.3. The largest absolute Gasteiger partial charge is 0.444 e. The summed E-state index contributed by atoms with van der Waals surface area (Å²) in [5.74, 6) is -0.0801. The van der Waals surface area contributed by atoms with E-state index in [0.717, 1.165) is 12.0 Å². The van der Waals surface area contributed by atoms with Gasteiger partial charge in [-0.1, -0.05) is 19.1 Å². The molecule has 0 aliphatic heterocycles. The van der Waals surface area contributed by atoms with Gasteiger partial charge in [-0.15, -0.1) is 0 Å². The third-order valence-electron chi connectivity index (χ3n) is 2.59. The first kappa shape index (κ1) is 17.0. The molecule has 2 N–H and O–H groups in total. The maximum Gasteiger partial charge on any atom is 0.407 e. The molecule has 1 aromatic rings. The highest BCUT2D eigenvalue weighted by molar-refractivity contribution is 5.94. The molecule has 0 bridgehead atoms. The Morgan fingerprint density at radius 2 is 1.71 bits per heavy atom. The van der Waals surface area contributed by atoms with E-state index in [4.69, 9.17) is 4.74 Å². The van der Waals surface area contributed by atoms with Gasteiger partial charge in [0.1, 0.15) is 5.60 Å². The molecule has 0 fully saturated rings. The van der Waals surface area contributed by atoms with E-state index in [1.807, 2.05) is 39.8 Å². The molecule has 5 nitrogen and oxygen atoms in total. The summed E-state index contributed by atoms with van der Waals surface area (Å²) in [6.07, 6.45) is 0.455. The number of carbonyl (C=O) groups excluding carboxylic acids is 2. The molecule has 0 unspecified atom stereocenters. The second kappa shape index (κ2) is 7.67. The van der Waals surface area contributed by atoms with Crippen molar-refractivity contribution in [2.75, 3.05) is 6.54 Å². The monoisotopic (exact) mass is 292 g/mol. The molecular formula is C16H24N2O3. The van der Waals surface area contributed by atoms with Crippen molar-refractivity contribution in [3.63, 3.8) is 0 Å². The zero-order valence-corrected chi connectivity index (χ0v) is 13.2. The number of carbonyl (C=O) groups is 2. The van der Waals surface area contributed by atoms with Crippen LogP contribution in [0.4, 0.5) is 4.79 Å². The molecule has 2 amide bonds. The van der Waals surface area contributed by atoms with Crippen molar-refractivity contribution < 1.29 is 14.3 Å². The first-order chi connectivity index (χ1) is 9.81. The van der Waals surface area contributed by atoms with Crippen molar-refractivity contribution >= 4 is 12.0 Å². The Hall–Kier alpha value is -2.04.